The van der Waals surface area contributed by atoms with Crippen LogP contribution in [0.4, 0.5) is 5.69 Å². The van der Waals surface area contributed by atoms with Crippen LogP contribution in [-0.4, -0.2) is 23.0 Å². The molecule has 24 heavy (non-hydrogen) atoms. The summed E-state index contributed by atoms with van der Waals surface area (Å²) >= 11 is 6.00. The summed E-state index contributed by atoms with van der Waals surface area (Å²) in [5.41, 5.74) is 0.326. The molecule has 4 aliphatic rings. The molecule has 3 aliphatic carbocycles. The maximum Gasteiger partial charge on any atom is 0.244 e. The van der Waals surface area contributed by atoms with Crippen LogP contribution in [0.2, 0.25) is 5.02 Å². The van der Waals surface area contributed by atoms with Crippen LogP contribution in [-0.2, 0) is 20.0 Å². The average Bonchev–Trinajstić information content (AvgIpc) is 2.85. The molecule has 3 saturated carbocycles. The smallest absolute Gasteiger partial charge is 0.244 e. The van der Waals surface area contributed by atoms with Crippen LogP contribution in [0.5, 0.6) is 0 Å². The lowest BCUT2D eigenvalue weighted by atomic mass is 9.73. The van der Waals surface area contributed by atoms with Crippen LogP contribution in [0.25, 0.3) is 0 Å². The molecule has 1 heterocycles. The fourth-order valence-corrected chi connectivity index (χ4v) is 7.64. The number of hydrogen-bond donors (Lipinski definition) is 3. The van der Waals surface area contributed by atoms with Crippen LogP contribution < -0.4 is 15.2 Å². The van der Waals surface area contributed by atoms with E-state index < -0.39 is 24.9 Å². The summed E-state index contributed by atoms with van der Waals surface area (Å²) in [7, 11) is -7.93. The van der Waals surface area contributed by atoms with E-state index in [1.54, 1.807) is 0 Å². The van der Waals surface area contributed by atoms with Crippen molar-refractivity contribution in [2.75, 3.05) is 5.32 Å². The highest BCUT2D eigenvalue weighted by Gasteiger charge is 2.70. The number of nitrogens with two attached hydrogens (primary N) is 1. The molecule has 10 heteroatoms. The Morgan fingerprint density at radius 2 is 1.75 bits per heavy atom. The predicted octanol–water partition coefficient (Wildman–Crippen LogP) is 0.919. The predicted molar refractivity (Wildman–Crippen MR) is 87.2 cm³/mol. The van der Waals surface area contributed by atoms with E-state index in [1.807, 2.05) is 0 Å². The summed E-state index contributed by atoms with van der Waals surface area (Å²) in [6.45, 7) is 0. The van der Waals surface area contributed by atoms with E-state index in [0.29, 0.717) is 11.6 Å². The molecule has 5 rings (SSSR count). The molecule has 0 saturated heterocycles. The van der Waals surface area contributed by atoms with Gasteiger partial charge < -0.3 is 5.32 Å². The number of fused-ring (bicyclic) bond motifs is 2. The SMILES string of the molecule is NS(=O)(=O)c1cc2c(cc1Cl)N[C@H]([C@H]1C[C@H]3[C@H]4C[C@@H]1[C@H]43)NS2(=O)=O. The lowest BCUT2D eigenvalue weighted by Gasteiger charge is -2.40. The molecule has 0 radical (unpaired) electrons. The van der Waals surface area contributed by atoms with Gasteiger partial charge in [-0.3, -0.25) is 0 Å². The Morgan fingerprint density at radius 3 is 2.33 bits per heavy atom. The van der Waals surface area contributed by atoms with Crippen molar-refractivity contribution in [3.05, 3.63) is 17.2 Å². The van der Waals surface area contributed by atoms with E-state index in [4.69, 9.17) is 16.7 Å². The summed E-state index contributed by atoms with van der Waals surface area (Å²) in [6, 6.07) is 2.35. The Kier molecular flexibility index (Phi) is 2.85. The zero-order valence-corrected chi connectivity index (χ0v) is 14.8. The third-order valence-electron chi connectivity index (χ3n) is 6.18. The number of halogens is 1. The first kappa shape index (κ1) is 15.4. The van der Waals surface area contributed by atoms with Crippen molar-refractivity contribution in [3.63, 3.8) is 0 Å². The van der Waals surface area contributed by atoms with Crippen LogP contribution in [0.15, 0.2) is 21.9 Å². The highest BCUT2D eigenvalue weighted by atomic mass is 35.5. The second-order valence-electron chi connectivity index (χ2n) is 7.27. The summed E-state index contributed by atoms with van der Waals surface area (Å²) in [5.74, 6) is 3.29. The lowest BCUT2D eigenvalue weighted by molar-refractivity contribution is 0.160. The van der Waals surface area contributed by atoms with Crippen LogP contribution >= 0.6 is 11.6 Å². The average molecular weight is 390 g/mol. The maximum absolute atomic E-state index is 12.6. The van der Waals surface area contributed by atoms with E-state index in [-0.39, 0.29) is 22.0 Å². The Hall–Kier alpha value is -0.870. The highest BCUT2D eigenvalue weighted by molar-refractivity contribution is 7.90. The van der Waals surface area contributed by atoms with Crippen molar-refractivity contribution in [2.45, 2.75) is 28.8 Å². The molecule has 0 aromatic heterocycles. The number of rotatable bonds is 2. The first-order valence-corrected chi connectivity index (χ1v) is 11.2. The topological polar surface area (TPSA) is 118 Å². The normalized spacial score (nSPS) is 40.9. The van der Waals surface area contributed by atoms with Crippen molar-refractivity contribution in [1.82, 2.24) is 4.72 Å². The molecule has 0 unspecified atom stereocenters. The van der Waals surface area contributed by atoms with E-state index in [1.165, 1.54) is 12.5 Å². The second kappa shape index (κ2) is 4.45. The third kappa shape index (κ3) is 1.96. The number of nitrogens with one attached hydrogen (secondary N) is 2. The van der Waals surface area contributed by atoms with Gasteiger partial charge >= 0.3 is 0 Å². The monoisotopic (exact) mass is 389 g/mol. The van der Waals surface area contributed by atoms with Gasteiger partial charge in [-0.25, -0.2) is 22.0 Å². The third-order valence-corrected chi connectivity index (χ3v) is 9.04. The van der Waals surface area contributed by atoms with Gasteiger partial charge in [0.15, 0.2) is 0 Å². The number of anilines is 1. The molecular formula is C14H16ClN3O4S2. The molecule has 6 atom stereocenters. The van der Waals surface area contributed by atoms with Gasteiger partial charge in [-0.15, -0.1) is 0 Å². The minimum atomic E-state index is -4.10. The molecule has 130 valence electrons. The standard InChI is InChI=1S/C14H16ClN3O4S2/c15-9-3-10-12(4-11(9)23(16,19)20)24(21,22)18-14(17-10)8-2-6-5-1-7(8)13(5)6/h3-8,13-14,17-18H,1-2H2,(H2,16,19,20)/t5-,6+,7+,8+,13-,14+/m1/s1. The molecule has 4 N–H and O–H groups in total. The van der Waals surface area contributed by atoms with Crippen molar-refractivity contribution >= 4 is 37.3 Å². The van der Waals surface area contributed by atoms with Crippen LogP contribution in [0.1, 0.15) is 12.8 Å². The minimum absolute atomic E-state index is 0.0856. The highest BCUT2D eigenvalue weighted by Crippen LogP contribution is 2.75. The molecule has 1 aromatic rings. The second-order valence-corrected chi connectivity index (χ2v) is 10.9. The van der Waals surface area contributed by atoms with Gasteiger partial charge in [0.05, 0.1) is 16.9 Å². The number of sulfonamides is 2. The van der Waals surface area contributed by atoms with Crippen molar-refractivity contribution in [2.24, 2.45) is 34.7 Å². The van der Waals surface area contributed by atoms with Crippen LogP contribution in [0, 0.1) is 29.6 Å². The first-order valence-electron chi connectivity index (χ1n) is 7.82. The molecule has 7 nitrogen and oxygen atoms in total. The Bertz CT molecular complexity index is 974. The Balaban J connectivity index is 1.55. The number of benzene rings is 1. The summed E-state index contributed by atoms with van der Waals surface area (Å²) < 4.78 is 51.0. The van der Waals surface area contributed by atoms with E-state index >= 15 is 0 Å². The molecule has 1 aliphatic heterocycles. The van der Waals surface area contributed by atoms with Gasteiger partial charge in [0.1, 0.15) is 9.79 Å². The quantitative estimate of drug-likeness (QED) is 0.695. The van der Waals surface area contributed by atoms with Crippen molar-refractivity contribution < 1.29 is 16.8 Å². The summed E-state index contributed by atoms with van der Waals surface area (Å²) in [4.78, 5) is -0.528. The molecule has 1 aromatic carbocycles. The van der Waals surface area contributed by atoms with Crippen molar-refractivity contribution in [3.8, 4) is 0 Å². The van der Waals surface area contributed by atoms with Gasteiger partial charge in [-0.05, 0) is 54.6 Å². The van der Waals surface area contributed by atoms with Crippen LogP contribution in [0.3, 0.4) is 0 Å². The fourth-order valence-electron chi connectivity index (χ4n) is 5.09. The summed E-state index contributed by atoms with van der Waals surface area (Å²) in [5, 5.41) is 8.22. The van der Waals surface area contributed by atoms with Gasteiger partial charge in [0, 0.05) is 0 Å². The summed E-state index contributed by atoms with van der Waals surface area (Å²) in [6.07, 6.45) is 1.86. The molecular weight excluding hydrogens is 374 g/mol. The maximum atomic E-state index is 12.6. The number of primary sulfonamides is 1. The van der Waals surface area contributed by atoms with Gasteiger partial charge in [-0.1, -0.05) is 11.6 Å². The molecule has 0 bridgehead atoms. The molecule has 0 spiro atoms. The van der Waals surface area contributed by atoms with Crippen molar-refractivity contribution in [1.29, 1.82) is 0 Å². The number of hydrogen-bond acceptors (Lipinski definition) is 5. The van der Waals surface area contributed by atoms with Gasteiger partial charge in [0.2, 0.25) is 20.0 Å². The first-order chi connectivity index (χ1) is 11.2. The van der Waals surface area contributed by atoms with E-state index in [9.17, 15) is 16.8 Å². The zero-order chi connectivity index (χ0) is 17.0. The van der Waals surface area contributed by atoms with Gasteiger partial charge in [0.25, 0.3) is 0 Å². The zero-order valence-electron chi connectivity index (χ0n) is 12.4. The molecule has 0 amide bonds. The Morgan fingerprint density at radius 1 is 1.12 bits per heavy atom. The Labute approximate surface area is 145 Å². The lowest BCUT2D eigenvalue weighted by Crippen LogP contribution is -2.52. The largest absolute Gasteiger partial charge is 0.368 e. The van der Waals surface area contributed by atoms with E-state index in [2.05, 4.69) is 10.0 Å². The van der Waals surface area contributed by atoms with E-state index in [0.717, 1.165) is 30.2 Å². The minimum Gasteiger partial charge on any atom is -0.368 e. The fraction of sp³-hybridized carbons (Fsp3) is 0.571. The van der Waals surface area contributed by atoms with Gasteiger partial charge in [-0.2, -0.15) is 4.72 Å². The molecule has 3 fully saturated rings.